The Bertz CT molecular complexity index is 250. The Morgan fingerprint density at radius 2 is 2.21 bits per heavy atom. The molecule has 6 nitrogen and oxygen atoms in total. The number of ether oxygens (including phenoxy) is 1. The van der Waals surface area contributed by atoms with Gasteiger partial charge in [0.05, 0.1) is 6.61 Å². The number of amidine groups is 1. The number of esters is 1. The number of guanidine groups is 1. The van der Waals surface area contributed by atoms with Crippen molar-refractivity contribution in [1.82, 2.24) is 0 Å². The first-order valence-electron chi connectivity index (χ1n) is 3.98. The monoisotopic (exact) mass is 218 g/mol. The maximum atomic E-state index is 11.1. The minimum absolute atomic E-state index is 0.106. The third-order valence-electron chi connectivity index (χ3n) is 1.14. The van der Waals surface area contributed by atoms with E-state index in [0.29, 0.717) is 6.61 Å². The SMILES string of the molecule is CCOC(=O)C(C)SC(=N)N=C(N)N. The van der Waals surface area contributed by atoms with Crippen LogP contribution in [-0.2, 0) is 9.53 Å². The van der Waals surface area contributed by atoms with E-state index >= 15 is 0 Å². The molecule has 0 aliphatic carbocycles. The summed E-state index contributed by atoms with van der Waals surface area (Å²) in [5.74, 6) is -0.577. The lowest BCUT2D eigenvalue weighted by atomic mass is 10.5. The van der Waals surface area contributed by atoms with Crippen LogP contribution in [0.1, 0.15) is 13.8 Å². The van der Waals surface area contributed by atoms with Gasteiger partial charge in [0.2, 0.25) is 0 Å². The summed E-state index contributed by atoms with van der Waals surface area (Å²) in [5, 5.41) is 6.70. The third-order valence-corrected chi connectivity index (χ3v) is 2.00. The zero-order valence-electron chi connectivity index (χ0n) is 8.11. The first-order valence-corrected chi connectivity index (χ1v) is 4.86. The van der Waals surface area contributed by atoms with E-state index in [2.05, 4.69) is 4.99 Å². The molecule has 0 spiro atoms. The molecule has 1 unspecified atom stereocenters. The van der Waals surface area contributed by atoms with Gasteiger partial charge in [0.15, 0.2) is 11.1 Å². The van der Waals surface area contributed by atoms with Crippen LogP contribution in [0.15, 0.2) is 4.99 Å². The molecule has 0 saturated carbocycles. The summed E-state index contributed by atoms with van der Waals surface area (Å²) in [7, 11) is 0. The van der Waals surface area contributed by atoms with E-state index in [9.17, 15) is 4.79 Å². The minimum atomic E-state index is -0.481. The first-order chi connectivity index (χ1) is 6.47. The quantitative estimate of drug-likeness (QED) is 0.347. The Kier molecular flexibility index (Phi) is 5.70. The number of nitrogens with zero attached hydrogens (tertiary/aromatic N) is 1. The van der Waals surface area contributed by atoms with Gasteiger partial charge in [0, 0.05) is 0 Å². The molecular formula is C7H14N4O2S. The molecule has 1 atom stereocenters. The summed E-state index contributed by atoms with van der Waals surface area (Å²) in [5.41, 5.74) is 10.1. The van der Waals surface area contributed by atoms with E-state index in [0.717, 1.165) is 11.8 Å². The Labute approximate surface area is 86.6 Å². The lowest BCUT2D eigenvalue weighted by molar-refractivity contribution is -0.142. The van der Waals surface area contributed by atoms with Gasteiger partial charge in [-0.3, -0.25) is 10.2 Å². The highest BCUT2D eigenvalue weighted by Crippen LogP contribution is 2.13. The molecule has 0 radical (unpaired) electrons. The molecule has 0 aromatic rings. The number of nitrogens with one attached hydrogen (secondary N) is 1. The molecular weight excluding hydrogens is 204 g/mol. The van der Waals surface area contributed by atoms with Crippen LogP contribution in [0.4, 0.5) is 0 Å². The molecule has 5 N–H and O–H groups in total. The van der Waals surface area contributed by atoms with Gasteiger partial charge in [-0.05, 0) is 13.8 Å². The maximum Gasteiger partial charge on any atom is 0.319 e. The predicted octanol–water partition coefficient (Wildman–Crippen LogP) is -0.121. The molecule has 0 aromatic heterocycles. The fourth-order valence-corrected chi connectivity index (χ4v) is 1.28. The lowest BCUT2D eigenvalue weighted by Crippen LogP contribution is -2.24. The van der Waals surface area contributed by atoms with Crippen molar-refractivity contribution in [3.8, 4) is 0 Å². The highest BCUT2D eigenvalue weighted by molar-refractivity contribution is 8.14. The Balaban J connectivity index is 4.06. The Hall–Kier alpha value is -1.24. The summed E-state index contributed by atoms with van der Waals surface area (Å²) in [6.45, 7) is 3.66. The number of nitrogens with two attached hydrogens (primary N) is 2. The number of rotatable bonds is 3. The molecule has 0 aromatic carbocycles. The summed E-state index contributed by atoms with van der Waals surface area (Å²) in [4.78, 5) is 14.6. The van der Waals surface area contributed by atoms with Gasteiger partial charge in [-0.1, -0.05) is 11.8 Å². The van der Waals surface area contributed by atoms with Gasteiger partial charge >= 0.3 is 5.97 Å². The van der Waals surface area contributed by atoms with Crippen molar-refractivity contribution in [3.63, 3.8) is 0 Å². The second-order valence-electron chi connectivity index (χ2n) is 2.35. The molecule has 7 heteroatoms. The van der Waals surface area contributed by atoms with Gasteiger partial charge in [-0.25, -0.2) is 0 Å². The van der Waals surface area contributed by atoms with E-state index in [1.165, 1.54) is 0 Å². The molecule has 0 heterocycles. The molecule has 0 aliphatic heterocycles. The molecule has 80 valence electrons. The first kappa shape index (κ1) is 12.8. The number of carbonyl (C=O) groups excluding carboxylic acids is 1. The zero-order valence-corrected chi connectivity index (χ0v) is 8.93. The Morgan fingerprint density at radius 1 is 1.64 bits per heavy atom. The second-order valence-corrected chi connectivity index (χ2v) is 3.68. The van der Waals surface area contributed by atoms with Crippen molar-refractivity contribution in [2.24, 2.45) is 16.5 Å². The fourth-order valence-electron chi connectivity index (χ4n) is 0.619. The van der Waals surface area contributed by atoms with E-state index in [1.807, 2.05) is 0 Å². The lowest BCUT2D eigenvalue weighted by Gasteiger charge is -2.08. The number of thioether (sulfide) groups is 1. The van der Waals surface area contributed by atoms with E-state index in [4.69, 9.17) is 21.6 Å². The standard InChI is InChI=1S/C7H14N4O2S/c1-3-13-5(12)4(2)14-7(10)11-6(8)9/h4H,3H2,1-2H3,(H5,8,9,10,11). The molecule has 0 saturated heterocycles. The molecule has 14 heavy (non-hydrogen) atoms. The summed E-state index contributed by atoms with van der Waals surface area (Å²) < 4.78 is 4.74. The van der Waals surface area contributed by atoms with E-state index in [1.54, 1.807) is 13.8 Å². The minimum Gasteiger partial charge on any atom is -0.465 e. The van der Waals surface area contributed by atoms with Crippen LogP contribution in [0.25, 0.3) is 0 Å². The van der Waals surface area contributed by atoms with Crippen LogP contribution in [0.5, 0.6) is 0 Å². The maximum absolute atomic E-state index is 11.1. The highest BCUT2D eigenvalue weighted by Gasteiger charge is 2.16. The van der Waals surface area contributed by atoms with Gasteiger partial charge in [0.25, 0.3) is 0 Å². The molecule has 0 bridgehead atoms. The zero-order chi connectivity index (χ0) is 11.1. The summed E-state index contributed by atoms with van der Waals surface area (Å²) >= 11 is 0.937. The highest BCUT2D eigenvalue weighted by atomic mass is 32.2. The van der Waals surface area contributed by atoms with Crippen molar-refractivity contribution < 1.29 is 9.53 Å². The Morgan fingerprint density at radius 3 is 2.64 bits per heavy atom. The number of hydrogen-bond donors (Lipinski definition) is 3. The molecule has 0 rings (SSSR count). The fraction of sp³-hybridized carbons (Fsp3) is 0.571. The molecule has 0 fully saturated rings. The summed E-state index contributed by atoms with van der Waals surface area (Å²) in [6.07, 6.45) is 0. The van der Waals surface area contributed by atoms with Crippen LogP contribution in [0, 0.1) is 5.41 Å². The van der Waals surface area contributed by atoms with Crippen molar-refractivity contribution in [2.45, 2.75) is 19.1 Å². The second kappa shape index (κ2) is 6.25. The number of hydrogen-bond acceptors (Lipinski definition) is 4. The van der Waals surface area contributed by atoms with Crippen LogP contribution < -0.4 is 11.5 Å². The number of aliphatic imine (C=N–C) groups is 1. The van der Waals surface area contributed by atoms with Gasteiger partial charge < -0.3 is 16.2 Å². The van der Waals surface area contributed by atoms with Crippen LogP contribution in [0.2, 0.25) is 0 Å². The average molecular weight is 218 g/mol. The smallest absolute Gasteiger partial charge is 0.319 e. The van der Waals surface area contributed by atoms with Gasteiger partial charge in [0.1, 0.15) is 5.25 Å². The largest absolute Gasteiger partial charge is 0.465 e. The third kappa shape index (κ3) is 5.41. The van der Waals surface area contributed by atoms with Crippen molar-refractivity contribution in [3.05, 3.63) is 0 Å². The molecule has 0 aliphatic rings. The van der Waals surface area contributed by atoms with Crippen LogP contribution in [0.3, 0.4) is 0 Å². The summed E-state index contributed by atoms with van der Waals surface area (Å²) in [6, 6.07) is 0. The van der Waals surface area contributed by atoms with Crippen molar-refractivity contribution in [2.75, 3.05) is 6.61 Å². The van der Waals surface area contributed by atoms with Crippen LogP contribution in [-0.4, -0.2) is 29.0 Å². The average Bonchev–Trinajstić information content (AvgIpc) is 2.02. The molecule has 0 amide bonds. The van der Waals surface area contributed by atoms with Crippen molar-refractivity contribution in [1.29, 1.82) is 5.41 Å². The normalized spacial score (nSPS) is 11.6. The van der Waals surface area contributed by atoms with Gasteiger partial charge in [-0.15, -0.1) is 0 Å². The predicted molar refractivity (Wildman–Crippen MR) is 57.2 cm³/mol. The number of carbonyl (C=O) groups is 1. The van der Waals surface area contributed by atoms with E-state index in [-0.39, 0.29) is 17.1 Å². The van der Waals surface area contributed by atoms with Gasteiger partial charge in [-0.2, -0.15) is 4.99 Å². The van der Waals surface area contributed by atoms with Crippen LogP contribution >= 0.6 is 11.8 Å². The topological polar surface area (TPSA) is 115 Å². The van der Waals surface area contributed by atoms with Crippen molar-refractivity contribution >= 4 is 28.9 Å². The van der Waals surface area contributed by atoms with E-state index < -0.39 is 5.25 Å².